The molecule has 0 saturated carbocycles. The van der Waals surface area contributed by atoms with Crippen molar-refractivity contribution < 1.29 is 0 Å². The van der Waals surface area contributed by atoms with Gasteiger partial charge in [0.1, 0.15) is 0 Å². The molecule has 0 saturated heterocycles. The van der Waals surface area contributed by atoms with Crippen LogP contribution in [0.4, 0.5) is 5.69 Å². The fourth-order valence-corrected chi connectivity index (χ4v) is 2.34. The number of nitrogens with one attached hydrogen (secondary N) is 1. The van der Waals surface area contributed by atoms with E-state index >= 15 is 0 Å². The molecular formula is C13H16N2S. The van der Waals surface area contributed by atoms with Crippen LogP contribution in [0.1, 0.15) is 29.2 Å². The lowest BCUT2D eigenvalue weighted by molar-refractivity contribution is 0.845. The van der Waals surface area contributed by atoms with Crippen LogP contribution in [-0.4, -0.2) is 4.98 Å². The third kappa shape index (κ3) is 2.61. The van der Waals surface area contributed by atoms with Gasteiger partial charge in [-0.05, 0) is 38.5 Å². The Morgan fingerprint density at radius 2 is 2.12 bits per heavy atom. The van der Waals surface area contributed by atoms with Crippen molar-refractivity contribution in [3.8, 4) is 0 Å². The Balaban J connectivity index is 2.10. The first-order valence-electron chi connectivity index (χ1n) is 5.40. The van der Waals surface area contributed by atoms with E-state index in [-0.39, 0.29) is 6.04 Å². The average molecular weight is 232 g/mol. The van der Waals surface area contributed by atoms with Crippen molar-refractivity contribution in [2.24, 2.45) is 0 Å². The fourth-order valence-electron chi connectivity index (χ4n) is 1.64. The van der Waals surface area contributed by atoms with Crippen molar-refractivity contribution in [2.75, 3.05) is 5.32 Å². The molecule has 2 rings (SSSR count). The third-order valence-corrected chi connectivity index (χ3v) is 3.27. The van der Waals surface area contributed by atoms with Crippen molar-refractivity contribution in [2.45, 2.75) is 26.8 Å². The molecule has 0 aliphatic heterocycles. The second-order valence-corrected chi connectivity index (χ2v) is 5.09. The molecule has 0 amide bonds. The molecule has 3 heteroatoms. The van der Waals surface area contributed by atoms with Gasteiger partial charge >= 0.3 is 0 Å². The summed E-state index contributed by atoms with van der Waals surface area (Å²) in [4.78, 5) is 4.49. The molecule has 16 heavy (non-hydrogen) atoms. The van der Waals surface area contributed by atoms with E-state index in [1.807, 2.05) is 6.92 Å². The lowest BCUT2D eigenvalue weighted by atomic mass is 10.2. The highest BCUT2D eigenvalue weighted by Crippen LogP contribution is 2.21. The van der Waals surface area contributed by atoms with E-state index in [0.29, 0.717) is 0 Å². The zero-order valence-electron chi connectivity index (χ0n) is 9.82. The van der Waals surface area contributed by atoms with Crippen LogP contribution in [0.2, 0.25) is 0 Å². The van der Waals surface area contributed by atoms with Gasteiger partial charge in [0.05, 0.1) is 16.7 Å². The van der Waals surface area contributed by atoms with Crippen molar-refractivity contribution in [3.05, 3.63) is 45.9 Å². The lowest BCUT2D eigenvalue weighted by Gasteiger charge is -2.13. The summed E-state index contributed by atoms with van der Waals surface area (Å²) in [5, 5.41) is 6.69. The number of hydrogen-bond donors (Lipinski definition) is 1. The molecule has 2 aromatic rings. The van der Waals surface area contributed by atoms with E-state index in [9.17, 15) is 0 Å². The number of aromatic nitrogens is 1. The van der Waals surface area contributed by atoms with Crippen LogP contribution in [0.25, 0.3) is 0 Å². The molecule has 0 aliphatic carbocycles. The summed E-state index contributed by atoms with van der Waals surface area (Å²) in [5.41, 5.74) is 3.54. The van der Waals surface area contributed by atoms with E-state index in [2.05, 4.69) is 53.8 Å². The highest BCUT2D eigenvalue weighted by molar-refractivity contribution is 7.09. The second kappa shape index (κ2) is 4.66. The molecule has 2 nitrogen and oxygen atoms in total. The molecule has 1 heterocycles. The summed E-state index contributed by atoms with van der Waals surface area (Å²) < 4.78 is 0. The van der Waals surface area contributed by atoms with Crippen molar-refractivity contribution in [3.63, 3.8) is 0 Å². The van der Waals surface area contributed by atoms with Gasteiger partial charge in [0.25, 0.3) is 0 Å². The summed E-state index contributed by atoms with van der Waals surface area (Å²) in [6.07, 6.45) is 0. The Bertz CT molecular complexity index is 476. The number of benzene rings is 1. The Morgan fingerprint density at radius 1 is 1.31 bits per heavy atom. The van der Waals surface area contributed by atoms with E-state index < -0.39 is 0 Å². The van der Waals surface area contributed by atoms with Crippen LogP contribution < -0.4 is 5.32 Å². The fraction of sp³-hybridized carbons (Fsp3) is 0.308. The number of anilines is 1. The normalized spacial score (nSPS) is 12.4. The minimum atomic E-state index is 0.256. The number of nitrogens with zero attached hydrogens (tertiary/aromatic N) is 1. The van der Waals surface area contributed by atoms with Gasteiger partial charge in [0, 0.05) is 11.1 Å². The molecule has 1 atom stereocenters. The Hall–Kier alpha value is -1.35. The standard InChI is InChI=1S/C13H16N2S/c1-9-5-4-6-12(7-9)14-10(2)13-8-16-11(3)15-13/h4-8,10,14H,1-3H3. The predicted molar refractivity (Wildman–Crippen MR) is 70.1 cm³/mol. The van der Waals surface area contributed by atoms with Gasteiger partial charge in [0.15, 0.2) is 0 Å². The maximum atomic E-state index is 4.49. The SMILES string of the molecule is Cc1cccc(NC(C)c2csc(C)n2)c1. The first kappa shape index (κ1) is 11.1. The number of rotatable bonds is 3. The molecule has 0 spiro atoms. The van der Waals surface area contributed by atoms with Crippen molar-refractivity contribution in [1.29, 1.82) is 0 Å². The highest BCUT2D eigenvalue weighted by Gasteiger charge is 2.08. The van der Waals surface area contributed by atoms with E-state index in [1.54, 1.807) is 11.3 Å². The molecule has 0 bridgehead atoms. The average Bonchev–Trinajstić information content (AvgIpc) is 2.65. The highest BCUT2D eigenvalue weighted by atomic mass is 32.1. The van der Waals surface area contributed by atoms with Crippen LogP contribution >= 0.6 is 11.3 Å². The number of thiazole rings is 1. The summed E-state index contributed by atoms with van der Waals surface area (Å²) in [7, 11) is 0. The smallest absolute Gasteiger partial charge is 0.0898 e. The Kier molecular flexibility index (Phi) is 3.25. The number of hydrogen-bond acceptors (Lipinski definition) is 3. The number of aryl methyl sites for hydroxylation is 2. The summed E-state index contributed by atoms with van der Waals surface area (Å²) >= 11 is 1.70. The van der Waals surface area contributed by atoms with E-state index in [4.69, 9.17) is 0 Å². The van der Waals surface area contributed by atoms with Crippen LogP contribution in [0.5, 0.6) is 0 Å². The summed E-state index contributed by atoms with van der Waals surface area (Å²) in [5.74, 6) is 0. The maximum Gasteiger partial charge on any atom is 0.0898 e. The van der Waals surface area contributed by atoms with Crippen molar-refractivity contribution in [1.82, 2.24) is 4.98 Å². The molecule has 0 aliphatic rings. The van der Waals surface area contributed by atoms with Gasteiger partial charge < -0.3 is 5.32 Å². The van der Waals surface area contributed by atoms with Gasteiger partial charge in [-0.15, -0.1) is 11.3 Å². The zero-order valence-corrected chi connectivity index (χ0v) is 10.6. The maximum absolute atomic E-state index is 4.49. The first-order valence-corrected chi connectivity index (χ1v) is 6.28. The van der Waals surface area contributed by atoms with Crippen LogP contribution in [0, 0.1) is 13.8 Å². The third-order valence-electron chi connectivity index (χ3n) is 2.48. The second-order valence-electron chi connectivity index (χ2n) is 4.03. The van der Waals surface area contributed by atoms with Gasteiger partial charge in [-0.25, -0.2) is 4.98 Å². The molecule has 84 valence electrons. The molecule has 0 radical (unpaired) electrons. The van der Waals surface area contributed by atoms with Gasteiger partial charge in [-0.3, -0.25) is 0 Å². The van der Waals surface area contributed by atoms with E-state index in [1.165, 1.54) is 5.56 Å². The van der Waals surface area contributed by atoms with Crippen molar-refractivity contribution >= 4 is 17.0 Å². The summed E-state index contributed by atoms with van der Waals surface area (Å²) in [6.45, 7) is 6.27. The minimum Gasteiger partial charge on any atom is -0.377 e. The monoisotopic (exact) mass is 232 g/mol. The predicted octanol–water partition coefficient (Wildman–Crippen LogP) is 3.93. The molecule has 1 aromatic carbocycles. The quantitative estimate of drug-likeness (QED) is 0.867. The van der Waals surface area contributed by atoms with Crippen LogP contribution in [-0.2, 0) is 0 Å². The molecule has 1 N–H and O–H groups in total. The van der Waals surface area contributed by atoms with Crippen LogP contribution in [0.3, 0.4) is 0 Å². The largest absolute Gasteiger partial charge is 0.377 e. The molecular weight excluding hydrogens is 216 g/mol. The summed E-state index contributed by atoms with van der Waals surface area (Å²) in [6, 6.07) is 8.66. The Morgan fingerprint density at radius 3 is 2.75 bits per heavy atom. The minimum absolute atomic E-state index is 0.256. The molecule has 1 unspecified atom stereocenters. The molecule has 0 fully saturated rings. The van der Waals surface area contributed by atoms with Crippen LogP contribution in [0.15, 0.2) is 29.6 Å². The van der Waals surface area contributed by atoms with Gasteiger partial charge in [0.2, 0.25) is 0 Å². The Labute approximate surface area is 100 Å². The molecule has 1 aromatic heterocycles. The topological polar surface area (TPSA) is 24.9 Å². The lowest BCUT2D eigenvalue weighted by Crippen LogP contribution is -2.06. The van der Waals surface area contributed by atoms with Gasteiger partial charge in [-0.1, -0.05) is 12.1 Å². The van der Waals surface area contributed by atoms with E-state index in [0.717, 1.165) is 16.4 Å². The zero-order chi connectivity index (χ0) is 11.5. The first-order chi connectivity index (χ1) is 7.65. The van der Waals surface area contributed by atoms with Gasteiger partial charge in [-0.2, -0.15) is 0 Å².